The first-order chi connectivity index (χ1) is 8.90. The van der Waals surface area contributed by atoms with Gasteiger partial charge in [-0.15, -0.1) is 0 Å². The lowest BCUT2D eigenvalue weighted by atomic mass is 10.0. The second kappa shape index (κ2) is 5.67. The van der Waals surface area contributed by atoms with Crippen LogP contribution in [0.5, 0.6) is 0 Å². The number of hydrogen-bond donors (Lipinski definition) is 0. The van der Waals surface area contributed by atoms with E-state index in [-0.39, 0.29) is 15.6 Å². The van der Waals surface area contributed by atoms with Gasteiger partial charge in [0.15, 0.2) is 0 Å². The van der Waals surface area contributed by atoms with Gasteiger partial charge in [-0.05, 0) is 41.1 Å². The van der Waals surface area contributed by atoms with Crippen molar-refractivity contribution in [2.75, 3.05) is 0 Å². The Balaban J connectivity index is 2.52. The Kier molecular flexibility index (Phi) is 4.36. The number of halogens is 5. The highest BCUT2D eigenvalue weighted by Crippen LogP contribution is 2.36. The Morgan fingerprint density at radius 3 is 2.21 bits per heavy atom. The van der Waals surface area contributed by atoms with E-state index in [0.29, 0.717) is 0 Å². The van der Waals surface area contributed by atoms with Gasteiger partial charge < -0.3 is 0 Å². The molecule has 5 heteroatoms. The maximum absolute atomic E-state index is 13.8. The van der Waals surface area contributed by atoms with Gasteiger partial charge in [-0.1, -0.05) is 33.6 Å². The summed E-state index contributed by atoms with van der Waals surface area (Å²) >= 11 is 6.13. The number of benzene rings is 2. The molecule has 2 rings (SSSR count). The van der Waals surface area contributed by atoms with Gasteiger partial charge >= 0.3 is 0 Å². The third kappa shape index (κ3) is 3.03. The lowest BCUT2D eigenvalue weighted by molar-refractivity contribution is 0.577. The van der Waals surface area contributed by atoms with Crippen LogP contribution in [0.15, 0.2) is 34.8 Å². The van der Waals surface area contributed by atoms with Crippen molar-refractivity contribution in [3.63, 3.8) is 0 Å². The normalized spacial score (nSPS) is 12.5. The van der Waals surface area contributed by atoms with E-state index >= 15 is 0 Å². The highest BCUT2D eigenvalue weighted by Gasteiger charge is 2.20. The van der Waals surface area contributed by atoms with E-state index in [1.165, 1.54) is 6.07 Å². The van der Waals surface area contributed by atoms with Crippen LogP contribution in [0.2, 0.25) is 0 Å². The lowest BCUT2D eigenvalue weighted by Crippen LogP contribution is -2.01. The standard InChI is InChI=1S/C14H9Br2F3/c1-7-2-3-11(17)8(4-7)14(16)9-5-13(19)10(15)6-12(9)18/h2-6,14H,1H3. The van der Waals surface area contributed by atoms with Crippen LogP contribution in [0.1, 0.15) is 21.5 Å². The van der Waals surface area contributed by atoms with E-state index in [2.05, 4.69) is 31.9 Å². The first kappa shape index (κ1) is 14.6. The number of rotatable bonds is 2. The van der Waals surface area contributed by atoms with Gasteiger partial charge in [-0.2, -0.15) is 0 Å². The molecule has 0 aliphatic heterocycles. The molecule has 0 bridgehead atoms. The Hall–Kier alpha value is -0.810. The van der Waals surface area contributed by atoms with Crippen molar-refractivity contribution in [1.82, 2.24) is 0 Å². The van der Waals surface area contributed by atoms with Gasteiger partial charge in [0.25, 0.3) is 0 Å². The van der Waals surface area contributed by atoms with Gasteiger partial charge in [-0.25, -0.2) is 13.2 Å². The number of hydrogen-bond acceptors (Lipinski definition) is 0. The Morgan fingerprint density at radius 2 is 1.53 bits per heavy atom. The summed E-state index contributed by atoms with van der Waals surface area (Å²) in [4.78, 5) is -0.741. The van der Waals surface area contributed by atoms with Crippen molar-refractivity contribution in [1.29, 1.82) is 0 Å². The minimum atomic E-state index is -0.741. The van der Waals surface area contributed by atoms with Crippen molar-refractivity contribution < 1.29 is 13.2 Å². The number of alkyl halides is 1. The van der Waals surface area contributed by atoms with Crippen molar-refractivity contribution >= 4 is 31.9 Å². The first-order valence-corrected chi connectivity index (χ1v) is 7.15. The maximum Gasteiger partial charge on any atom is 0.137 e. The highest BCUT2D eigenvalue weighted by molar-refractivity contribution is 9.10. The van der Waals surface area contributed by atoms with Crippen molar-refractivity contribution in [2.24, 2.45) is 0 Å². The fourth-order valence-electron chi connectivity index (χ4n) is 1.76. The molecular formula is C14H9Br2F3. The van der Waals surface area contributed by atoms with Crippen molar-refractivity contribution in [2.45, 2.75) is 11.8 Å². The van der Waals surface area contributed by atoms with E-state index in [1.54, 1.807) is 19.1 Å². The van der Waals surface area contributed by atoms with E-state index < -0.39 is 22.3 Å². The maximum atomic E-state index is 13.8. The molecule has 0 N–H and O–H groups in total. The van der Waals surface area contributed by atoms with E-state index in [0.717, 1.165) is 17.7 Å². The SMILES string of the molecule is Cc1ccc(F)c(C(Br)c2cc(F)c(Br)cc2F)c1. The molecule has 0 aliphatic rings. The summed E-state index contributed by atoms with van der Waals surface area (Å²) in [6, 6.07) is 6.63. The highest BCUT2D eigenvalue weighted by atomic mass is 79.9. The molecule has 1 atom stereocenters. The first-order valence-electron chi connectivity index (χ1n) is 5.44. The zero-order valence-corrected chi connectivity index (χ0v) is 13.0. The molecule has 0 saturated heterocycles. The molecule has 1 unspecified atom stereocenters. The Bertz CT molecular complexity index is 626. The van der Waals surface area contributed by atoms with Crippen LogP contribution < -0.4 is 0 Å². The Labute approximate surface area is 125 Å². The second-order valence-corrected chi connectivity index (χ2v) is 5.95. The molecule has 0 aliphatic carbocycles. The molecule has 0 aromatic heterocycles. The molecule has 0 saturated carbocycles. The summed E-state index contributed by atoms with van der Waals surface area (Å²) in [5.41, 5.74) is 1.18. The molecule has 0 nitrogen and oxygen atoms in total. The third-order valence-electron chi connectivity index (χ3n) is 2.74. The molecule has 2 aromatic rings. The summed E-state index contributed by atoms with van der Waals surface area (Å²) in [6.45, 7) is 1.81. The monoisotopic (exact) mass is 392 g/mol. The molecule has 100 valence electrons. The van der Waals surface area contributed by atoms with Gasteiger partial charge in [0, 0.05) is 11.1 Å². The topological polar surface area (TPSA) is 0 Å². The summed E-state index contributed by atoms with van der Waals surface area (Å²) in [6.07, 6.45) is 0. The molecule has 0 spiro atoms. The lowest BCUT2D eigenvalue weighted by Gasteiger charge is -2.14. The predicted octanol–water partition coefficient (Wildman–Crippen LogP) is 5.66. The van der Waals surface area contributed by atoms with Gasteiger partial charge in [0.2, 0.25) is 0 Å². The minimum absolute atomic E-state index is 0.0400. The summed E-state index contributed by atoms with van der Waals surface area (Å²) in [5, 5.41) is 0. The van der Waals surface area contributed by atoms with E-state index in [9.17, 15) is 13.2 Å². The minimum Gasteiger partial charge on any atom is -0.207 e. The van der Waals surface area contributed by atoms with Gasteiger partial charge in [-0.3, -0.25) is 0 Å². The van der Waals surface area contributed by atoms with Crippen LogP contribution >= 0.6 is 31.9 Å². The van der Waals surface area contributed by atoms with Crippen LogP contribution in [-0.2, 0) is 0 Å². The summed E-state index contributed by atoms with van der Waals surface area (Å²) < 4.78 is 41.1. The number of aryl methyl sites for hydroxylation is 1. The molecular weight excluding hydrogens is 385 g/mol. The molecule has 0 amide bonds. The van der Waals surface area contributed by atoms with Gasteiger partial charge in [0.1, 0.15) is 17.5 Å². The Morgan fingerprint density at radius 1 is 0.895 bits per heavy atom. The fraction of sp³-hybridized carbons (Fsp3) is 0.143. The molecule has 0 fully saturated rings. The van der Waals surface area contributed by atoms with Gasteiger partial charge in [0.05, 0.1) is 9.30 Å². The molecule has 0 heterocycles. The van der Waals surface area contributed by atoms with Crippen LogP contribution in [-0.4, -0.2) is 0 Å². The molecule has 2 aromatic carbocycles. The van der Waals surface area contributed by atoms with Crippen LogP contribution in [0.25, 0.3) is 0 Å². The molecule has 19 heavy (non-hydrogen) atoms. The average Bonchev–Trinajstić information content (AvgIpc) is 2.36. The van der Waals surface area contributed by atoms with Crippen molar-refractivity contribution in [3.8, 4) is 0 Å². The van der Waals surface area contributed by atoms with Crippen molar-refractivity contribution in [3.05, 3.63) is 68.9 Å². The van der Waals surface area contributed by atoms with E-state index in [4.69, 9.17) is 0 Å². The van der Waals surface area contributed by atoms with E-state index in [1.807, 2.05) is 0 Å². The largest absolute Gasteiger partial charge is 0.207 e. The third-order valence-corrected chi connectivity index (χ3v) is 4.33. The van der Waals surface area contributed by atoms with Crippen LogP contribution in [0.3, 0.4) is 0 Å². The average molecular weight is 394 g/mol. The van der Waals surface area contributed by atoms with Crippen LogP contribution in [0.4, 0.5) is 13.2 Å². The zero-order valence-electron chi connectivity index (χ0n) is 9.85. The quantitative estimate of drug-likeness (QED) is 0.456. The second-order valence-electron chi connectivity index (χ2n) is 4.18. The fourth-order valence-corrected chi connectivity index (χ4v) is 2.77. The smallest absolute Gasteiger partial charge is 0.137 e. The zero-order chi connectivity index (χ0) is 14.2. The molecule has 0 radical (unpaired) electrons. The van der Waals surface area contributed by atoms with Crippen LogP contribution in [0, 0.1) is 24.4 Å². The summed E-state index contributed by atoms with van der Waals surface area (Å²) in [5.74, 6) is -1.65. The summed E-state index contributed by atoms with van der Waals surface area (Å²) in [7, 11) is 0. The predicted molar refractivity (Wildman–Crippen MR) is 76.0 cm³/mol.